The molecule has 0 spiro atoms. The maximum absolute atomic E-state index is 11.4. The summed E-state index contributed by atoms with van der Waals surface area (Å²) in [5, 5.41) is 13.9. The summed E-state index contributed by atoms with van der Waals surface area (Å²) >= 11 is 0. The van der Waals surface area contributed by atoms with Gasteiger partial charge in [-0.3, -0.25) is 0 Å². The van der Waals surface area contributed by atoms with Gasteiger partial charge in [0, 0.05) is 6.54 Å². The summed E-state index contributed by atoms with van der Waals surface area (Å²) in [6, 6.07) is -1.20. The van der Waals surface area contributed by atoms with E-state index in [0.29, 0.717) is 13.0 Å². The first kappa shape index (κ1) is 14.8. The van der Waals surface area contributed by atoms with Crippen LogP contribution in [-0.2, 0) is 4.79 Å². The molecule has 6 heteroatoms. The minimum atomic E-state index is -0.996. The zero-order chi connectivity index (χ0) is 13.4. The zero-order valence-corrected chi connectivity index (χ0v) is 10.9. The van der Waals surface area contributed by atoms with Crippen LogP contribution in [0.15, 0.2) is 0 Å². The molecular weight excluding hydrogens is 234 g/mol. The van der Waals surface area contributed by atoms with Gasteiger partial charge in [-0.15, -0.1) is 0 Å². The van der Waals surface area contributed by atoms with Crippen LogP contribution in [0.5, 0.6) is 0 Å². The van der Waals surface area contributed by atoms with E-state index < -0.39 is 18.0 Å². The minimum absolute atomic E-state index is 0.385. The van der Waals surface area contributed by atoms with E-state index >= 15 is 0 Å². The van der Waals surface area contributed by atoms with Crippen LogP contribution in [0.2, 0.25) is 0 Å². The van der Waals surface area contributed by atoms with Gasteiger partial charge in [0.05, 0.1) is 0 Å². The topological polar surface area (TPSA) is 81.7 Å². The molecule has 0 radical (unpaired) electrons. The van der Waals surface area contributed by atoms with Crippen molar-refractivity contribution < 1.29 is 14.7 Å². The molecule has 0 aromatic carbocycles. The maximum Gasteiger partial charge on any atom is 0.326 e. The predicted molar refractivity (Wildman–Crippen MR) is 68.5 cm³/mol. The zero-order valence-electron chi connectivity index (χ0n) is 10.9. The smallest absolute Gasteiger partial charge is 0.326 e. The second kappa shape index (κ2) is 7.92. The molecule has 18 heavy (non-hydrogen) atoms. The molecule has 1 fully saturated rings. The van der Waals surface area contributed by atoms with E-state index in [1.807, 2.05) is 0 Å². The molecule has 0 saturated carbocycles. The normalized spacial score (nSPS) is 17.4. The maximum atomic E-state index is 11.4. The van der Waals surface area contributed by atoms with Crippen LogP contribution >= 0.6 is 0 Å². The van der Waals surface area contributed by atoms with Crippen molar-refractivity contribution in [2.45, 2.75) is 38.6 Å². The second-order valence-corrected chi connectivity index (χ2v) is 4.60. The molecule has 0 aromatic rings. The molecular formula is C12H23N3O3. The third kappa shape index (κ3) is 5.35. The van der Waals surface area contributed by atoms with Crippen molar-refractivity contribution in [3.8, 4) is 0 Å². The Morgan fingerprint density at radius 2 is 2.00 bits per heavy atom. The van der Waals surface area contributed by atoms with Crippen molar-refractivity contribution in [1.29, 1.82) is 0 Å². The Kier molecular flexibility index (Phi) is 6.49. The summed E-state index contributed by atoms with van der Waals surface area (Å²) in [5.74, 6) is -0.996. The molecule has 1 saturated heterocycles. The first-order chi connectivity index (χ1) is 8.63. The highest BCUT2D eigenvalue weighted by molar-refractivity contribution is 5.82. The van der Waals surface area contributed by atoms with E-state index in [-0.39, 0.29) is 0 Å². The lowest BCUT2D eigenvalue weighted by Crippen LogP contribution is -2.46. The number of rotatable bonds is 7. The largest absolute Gasteiger partial charge is 0.480 e. The van der Waals surface area contributed by atoms with Crippen LogP contribution in [0, 0.1) is 0 Å². The molecule has 104 valence electrons. The first-order valence-electron chi connectivity index (χ1n) is 6.63. The third-order valence-electron chi connectivity index (χ3n) is 3.15. The lowest BCUT2D eigenvalue weighted by Gasteiger charge is -2.15. The number of amides is 2. The Hall–Kier alpha value is -1.30. The number of carbonyl (C=O) groups is 2. The Balaban J connectivity index is 2.07. The summed E-state index contributed by atoms with van der Waals surface area (Å²) < 4.78 is 0. The minimum Gasteiger partial charge on any atom is -0.480 e. The average molecular weight is 257 g/mol. The van der Waals surface area contributed by atoms with Crippen molar-refractivity contribution in [1.82, 2.24) is 15.5 Å². The van der Waals surface area contributed by atoms with Crippen LogP contribution in [0.4, 0.5) is 4.79 Å². The lowest BCUT2D eigenvalue weighted by atomic mass is 10.2. The van der Waals surface area contributed by atoms with E-state index in [1.54, 1.807) is 6.92 Å². The molecule has 0 aliphatic carbocycles. The fourth-order valence-corrected chi connectivity index (χ4v) is 2.06. The van der Waals surface area contributed by atoms with Crippen molar-refractivity contribution in [2.75, 3.05) is 26.2 Å². The van der Waals surface area contributed by atoms with Gasteiger partial charge in [0.2, 0.25) is 0 Å². The number of carbonyl (C=O) groups excluding carboxylic acids is 1. The summed E-state index contributed by atoms with van der Waals surface area (Å²) in [4.78, 5) is 24.5. The average Bonchev–Trinajstić information content (AvgIpc) is 2.84. The monoisotopic (exact) mass is 257 g/mol. The van der Waals surface area contributed by atoms with Crippen LogP contribution in [0.1, 0.15) is 32.6 Å². The summed E-state index contributed by atoms with van der Waals surface area (Å²) in [5.41, 5.74) is 0. The number of nitrogens with one attached hydrogen (secondary N) is 2. The van der Waals surface area contributed by atoms with Gasteiger partial charge in [0.25, 0.3) is 0 Å². The predicted octanol–water partition coefficient (Wildman–Crippen LogP) is 0.635. The fraction of sp³-hybridized carbons (Fsp3) is 0.833. The van der Waals surface area contributed by atoms with Gasteiger partial charge in [0.15, 0.2) is 0 Å². The molecule has 1 atom stereocenters. The standard InChI is InChI=1S/C12H23N3O3/c1-2-10(11(16)17)14-12(18)13-6-5-9-15-7-3-4-8-15/h10H,2-9H2,1H3,(H,16,17)(H2,13,14,18). The van der Waals surface area contributed by atoms with Gasteiger partial charge < -0.3 is 20.6 Å². The van der Waals surface area contributed by atoms with Gasteiger partial charge >= 0.3 is 12.0 Å². The lowest BCUT2D eigenvalue weighted by molar-refractivity contribution is -0.139. The van der Waals surface area contributed by atoms with E-state index in [4.69, 9.17) is 5.11 Å². The van der Waals surface area contributed by atoms with Crippen LogP contribution < -0.4 is 10.6 Å². The summed E-state index contributed by atoms with van der Waals surface area (Å²) in [6.45, 7) is 5.62. The van der Waals surface area contributed by atoms with Crippen molar-refractivity contribution in [3.63, 3.8) is 0 Å². The molecule has 6 nitrogen and oxygen atoms in total. The molecule has 1 unspecified atom stereocenters. The SMILES string of the molecule is CCC(NC(=O)NCCCN1CCCC1)C(=O)O. The van der Waals surface area contributed by atoms with Crippen molar-refractivity contribution >= 4 is 12.0 Å². The number of nitrogens with zero attached hydrogens (tertiary/aromatic N) is 1. The highest BCUT2D eigenvalue weighted by Gasteiger charge is 2.17. The number of hydrogen-bond donors (Lipinski definition) is 3. The number of aliphatic carboxylic acids is 1. The molecule has 0 aromatic heterocycles. The van der Waals surface area contributed by atoms with E-state index in [9.17, 15) is 9.59 Å². The van der Waals surface area contributed by atoms with Crippen molar-refractivity contribution in [3.05, 3.63) is 0 Å². The Labute approximate surface area is 108 Å². The molecule has 1 aliphatic heterocycles. The number of likely N-dealkylation sites (tertiary alicyclic amines) is 1. The van der Waals surface area contributed by atoms with Crippen LogP contribution in [0.3, 0.4) is 0 Å². The fourth-order valence-electron chi connectivity index (χ4n) is 2.06. The highest BCUT2D eigenvalue weighted by Crippen LogP contribution is 2.06. The molecule has 0 bridgehead atoms. The summed E-state index contributed by atoms with van der Waals surface area (Å²) in [6.07, 6.45) is 3.82. The van der Waals surface area contributed by atoms with Crippen LogP contribution in [-0.4, -0.2) is 54.2 Å². The molecule has 1 aliphatic rings. The second-order valence-electron chi connectivity index (χ2n) is 4.60. The number of urea groups is 1. The van der Waals surface area contributed by atoms with E-state index in [2.05, 4.69) is 15.5 Å². The van der Waals surface area contributed by atoms with Gasteiger partial charge in [0.1, 0.15) is 6.04 Å². The van der Waals surface area contributed by atoms with Crippen LogP contribution in [0.25, 0.3) is 0 Å². The summed E-state index contributed by atoms with van der Waals surface area (Å²) in [7, 11) is 0. The van der Waals surface area contributed by atoms with E-state index in [0.717, 1.165) is 26.1 Å². The Morgan fingerprint density at radius 1 is 1.33 bits per heavy atom. The molecule has 3 N–H and O–H groups in total. The quantitative estimate of drug-likeness (QED) is 0.584. The first-order valence-corrected chi connectivity index (χ1v) is 6.63. The number of carboxylic acids is 1. The Bertz CT molecular complexity index is 278. The van der Waals surface area contributed by atoms with Gasteiger partial charge in [-0.05, 0) is 45.3 Å². The van der Waals surface area contributed by atoms with Gasteiger partial charge in [-0.25, -0.2) is 9.59 Å². The molecule has 1 rings (SSSR count). The number of carboxylic acid groups (broad SMARTS) is 1. The highest BCUT2D eigenvalue weighted by atomic mass is 16.4. The van der Waals surface area contributed by atoms with E-state index in [1.165, 1.54) is 12.8 Å². The molecule has 1 heterocycles. The number of hydrogen-bond acceptors (Lipinski definition) is 3. The van der Waals surface area contributed by atoms with Gasteiger partial charge in [-0.1, -0.05) is 6.92 Å². The van der Waals surface area contributed by atoms with Gasteiger partial charge in [-0.2, -0.15) is 0 Å². The third-order valence-corrected chi connectivity index (χ3v) is 3.15. The Morgan fingerprint density at radius 3 is 2.56 bits per heavy atom. The van der Waals surface area contributed by atoms with Crippen molar-refractivity contribution in [2.24, 2.45) is 0 Å². The molecule has 2 amide bonds.